The quantitative estimate of drug-likeness (QED) is 0.492. The Morgan fingerprint density at radius 1 is 1.28 bits per heavy atom. The fourth-order valence-electron chi connectivity index (χ4n) is 1.39. The number of aromatic nitrogens is 1. The normalized spacial score (nSPS) is 9.89. The zero-order chi connectivity index (χ0) is 13.9. The summed E-state index contributed by atoms with van der Waals surface area (Å²) in [6, 6.07) is 3.16. The lowest BCUT2D eigenvalue weighted by Crippen LogP contribution is -1.89. The van der Waals surface area contributed by atoms with E-state index in [1.165, 1.54) is 6.07 Å². The van der Waals surface area contributed by atoms with Crippen LogP contribution in [0.2, 0.25) is 0 Å². The third-order valence-electron chi connectivity index (χ3n) is 2.09. The molecule has 2 aromatic rings. The number of hydrogen-bond acceptors (Lipinski definition) is 2. The summed E-state index contributed by atoms with van der Waals surface area (Å²) in [5, 5.41) is 9.99. The van der Waals surface area contributed by atoms with Crippen molar-refractivity contribution in [2.75, 3.05) is 0 Å². The van der Waals surface area contributed by atoms with E-state index in [-0.39, 0.29) is 8.93 Å². The van der Waals surface area contributed by atoms with Gasteiger partial charge in [0.2, 0.25) is 0 Å². The van der Waals surface area contributed by atoms with Crippen LogP contribution in [0.25, 0.3) is 10.9 Å². The number of nitrogens with zero attached hydrogens (tertiary/aromatic N) is 1. The predicted molar refractivity (Wildman–Crippen MR) is 88.3 cm³/mol. The number of phenolic OH excluding ortho intramolecular Hbond substituents is 1. The highest BCUT2D eigenvalue weighted by Crippen LogP contribution is 2.28. The van der Waals surface area contributed by atoms with Crippen molar-refractivity contribution in [1.29, 1.82) is 0 Å². The third-order valence-corrected chi connectivity index (χ3v) is 2.52. The molecule has 0 amide bonds. The number of aromatic hydroxyl groups is 1. The number of pyridine rings is 1. The highest BCUT2D eigenvalue weighted by molar-refractivity contribution is 9.69. The summed E-state index contributed by atoms with van der Waals surface area (Å²) in [5.41, 5.74) is 0.941. The standard InChI is InChI=1S/C10H7BrFNO.BBr3/c1-5-9(12)8(14)3-6-2-7(11)4-13-10(5)6;2-1(3)4/h2-4,14H,1H3;. The molecule has 2 rings (SSSR count). The van der Waals surface area contributed by atoms with Crippen molar-refractivity contribution in [2.24, 2.45) is 0 Å². The lowest BCUT2D eigenvalue weighted by atomic mass is 10.1. The monoisotopic (exact) mass is 503 g/mol. The predicted octanol–water partition coefficient (Wildman–Crippen LogP) is 5.31. The van der Waals surface area contributed by atoms with E-state index in [4.69, 9.17) is 0 Å². The fourth-order valence-corrected chi connectivity index (χ4v) is 1.73. The summed E-state index contributed by atoms with van der Waals surface area (Å²) in [4.78, 5) is 4.08. The molecule has 8 heteroatoms. The molecule has 0 saturated carbocycles. The molecule has 0 bridgehead atoms. The Morgan fingerprint density at radius 3 is 2.39 bits per heavy atom. The molecule has 0 radical (unpaired) electrons. The van der Waals surface area contributed by atoms with Gasteiger partial charge in [-0.2, -0.15) is 0 Å². The van der Waals surface area contributed by atoms with E-state index >= 15 is 0 Å². The van der Waals surface area contributed by atoms with Crippen LogP contribution >= 0.6 is 63.2 Å². The van der Waals surface area contributed by atoms with Crippen molar-refractivity contribution in [3.05, 3.63) is 34.2 Å². The molecule has 0 aliphatic carbocycles. The molecule has 96 valence electrons. The first kappa shape index (κ1) is 16.4. The van der Waals surface area contributed by atoms with Gasteiger partial charge >= 0.3 is 3.18 Å². The molecular formula is C10H7BBr4FNO. The number of halogens is 5. The minimum Gasteiger partial charge on any atom is -0.505 e. The van der Waals surface area contributed by atoms with Crippen LogP contribution in [0.5, 0.6) is 5.75 Å². The minimum atomic E-state index is -0.604. The largest absolute Gasteiger partial charge is 0.505 e. The minimum absolute atomic E-state index is 0.271. The maximum Gasteiger partial charge on any atom is 0.369 e. The highest BCUT2D eigenvalue weighted by atomic mass is 79.9. The van der Waals surface area contributed by atoms with E-state index in [1.54, 1.807) is 19.2 Å². The average Bonchev–Trinajstić information content (AvgIpc) is 2.25. The first-order valence-electron chi connectivity index (χ1n) is 4.68. The van der Waals surface area contributed by atoms with Crippen LogP contribution in [0.1, 0.15) is 5.56 Å². The Hall–Kier alpha value is 0.345. The molecule has 0 spiro atoms. The number of phenols is 1. The van der Waals surface area contributed by atoms with Gasteiger partial charge in [-0.15, -0.1) is 47.3 Å². The maximum atomic E-state index is 13.3. The van der Waals surface area contributed by atoms with Gasteiger partial charge in [0, 0.05) is 21.6 Å². The second-order valence-corrected chi connectivity index (χ2v) is 10.7. The molecule has 0 atom stereocenters. The van der Waals surface area contributed by atoms with Crippen molar-refractivity contribution in [3.8, 4) is 5.75 Å². The van der Waals surface area contributed by atoms with E-state index in [1.807, 2.05) is 0 Å². The van der Waals surface area contributed by atoms with Gasteiger partial charge in [-0.1, -0.05) is 0 Å². The van der Waals surface area contributed by atoms with E-state index in [9.17, 15) is 9.50 Å². The molecule has 18 heavy (non-hydrogen) atoms. The number of fused-ring (bicyclic) bond motifs is 1. The van der Waals surface area contributed by atoms with Gasteiger partial charge in [-0.3, -0.25) is 4.98 Å². The van der Waals surface area contributed by atoms with E-state index < -0.39 is 5.82 Å². The Morgan fingerprint density at radius 2 is 1.83 bits per heavy atom. The summed E-state index contributed by atoms with van der Waals surface area (Å²) < 4.78 is 14.3. The van der Waals surface area contributed by atoms with E-state index in [0.717, 1.165) is 9.86 Å². The van der Waals surface area contributed by atoms with Crippen LogP contribution in [0.4, 0.5) is 4.39 Å². The Bertz CT molecular complexity index is 564. The zero-order valence-corrected chi connectivity index (χ0v) is 15.4. The van der Waals surface area contributed by atoms with Crippen LogP contribution in [0.15, 0.2) is 22.8 Å². The first-order valence-corrected chi connectivity index (χ1v) is 8.22. The van der Waals surface area contributed by atoms with Crippen molar-refractivity contribution in [1.82, 2.24) is 4.98 Å². The lowest BCUT2D eigenvalue weighted by molar-refractivity contribution is 0.431. The summed E-state index contributed by atoms with van der Waals surface area (Å²) in [7, 11) is 0. The number of rotatable bonds is 0. The summed E-state index contributed by atoms with van der Waals surface area (Å²) in [6.07, 6.45) is 1.60. The van der Waals surface area contributed by atoms with Crippen molar-refractivity contribution in [3.63, 3.8) is 0 Å². The number of aryl methyl sites for hydroxylation is 1. The Kier molecular flexibility index (Phi) is 6.57. The van der Waals surface area contributed by atoms with Crippen LogP contribution in [0.3, 0.4) is 0 Å². The lowest BCUT2D eigenvalue weighted by Gasteiger charge is -2.04. The van der Waals surface area contributed by atoms with Crippen LogP contribution in [0, 0.1) is 12.7 Å². The SMILES string of the molecule is BrB(Br)Br.Cc1c(F)c(O)cc2cc(Br)cnc12. The van der Waals surface area contributed by atoms with Crippen LogP contribution < -0.4 is 0 Å². The van der Waals surface area contributed by atoms with Gasteiger partial charge in [0.25, 0.3) is 0 Å². The topological polar surface area (TPSA) is 33.1 Å². The third kappa shape index (κ3) is 4.47. The summed E-state index contributed by atoms with van der Waals surface area (Å²) in [6.45, 7) is 1.60. The molecular weight excluding hydrogens is 500 g/mol. The van der Waals surface area contributed by atoms with E-state index in [0.29, 0.717) is 11.1 Å². The number of hydrogen-bond donors (Lipinski definition) is 1. The maximum absolute atomic E-state index is 13.3. The molecule has 1 aromatic heterocycles. The first-order chi connectivity index (χ1) is 8.32. The number of benzene rings is 1. The van der Waals surface area contributed by atoms with E-state index in [2.05, 4.69) is 68.2 Å². The molecule has 0 fully saturated rings. The molecule has 1 N–H and O–H groups in total. The van der Waals surface area contributed by atoms with Gasteiger partial charge in [0.15, 0.2) is 11.6 Å². The average molecular weight is 507 g/mol. The zero-order valence-electron chi connectivity index (χ0n) is 9.09. The Labute approximate surface area is 137 Å². The van der Waals surface area contributed by atoms with Crippen molar-refractivity contribution < 1.29 is 9.50 Å². The second-order valence-electron chi connectivity index (χ2n) is 3.31. The van der Waals surface area contributed by atoms with Crippen LogP contribution in [-0.4, -0.2) is 13.3 Å². The Balaban J connectivity index is 0.000000357. The molecule has 1 aromatic carbocycles. The van der Waals surface area contributed by atoms with Gasteiger partial charge in [0.1, 0.15) is 0 Å². The fraction of sp³-hybridized carbons (Fsp3) is 0.100. The molecule has 1 heterocycles. The molecule has 0 saturated heterocycles. The molecule has 2 nitrogen and oxygen atoms in total. The van der Waals surface area contributed by atoms with Crippen molar-refractivity contribution in [2.45, 2.75) is 6.92 Å². The molecule has 0 aliphatic rings. The molecule has 0 aliphatic heterocycles. The smallest absolute Gasteiger partial charge is 0.369 e. The second kappa shape index (κ2) is 7.21. The van der Waals surface area contributed by atoms with Gasteiger partial charge in [0.05, 0.1) is 5.52 Å². The highest BCUT2D eigenvalue weighted by Gasteiger charge is 2.09. The molecule has 0 unspecified atom stereocenters. The van der Waals surface area contributed by atoms with Gasteiger partial charge in [-0.05, 0) is 35.0 Å². The summed E-state index contributed by atoms with van der Waals surface area (Å²) >= 11 is 12.6. The van der Waals surface area contributed by atoms with Crippen molar-refractivity contribution >= 4 is 77.3 Å². The summed E-state index contributed by atoms with van der Waals surface area (Å²) in [5.74, 6) is -0.942. The van der Waals surface area contributed by atoms with Gasteiger partial charge < -0.3 is 5.11 Å². The van der Waals surface area contributed by atoms with Gasteiger partial charge in [-0.25, -0.2) is 4.39 Å². The van der Waals surface area contributed by atoms with Crippen LogP contribution in [-0.2, 0) is 0 Å².